The van der Waals surface area contributed by atoms with Crippen molar-refractivity contribution in [2.75, 3.05) is 0 Å². The van der Waals surface area contributed by atoms with Gasteiger partial charge in [-0.15, -0.1) is 10.2 Å². The lowest BCUT2D eigenvalue weighted by atomic mass is 10.2. The van der Waals surface area contributed by atoms with Gasteiger partial charge in [0.1, 0.15) is 24.2 Å². The number of hydrogen-bond acceptors (Lipinski definition) is 4. The lowest BCUT2D eigenvalue weighted by Crippen LogP contribution is -1.85. The van der Waals surface area contributed by atoms with Crippen LogP contribution in [0.1, 0.15) is 5.76 Å². The van der Waals surface area contributed by atoms with E-state index in [1.165, 1.54) is 17.3 Å². The fourth-order valence-electron chi connectivity index (χ4n) is 1.64. The molecule has 20 heavy (non-hydrogen) atoms. The van der Waals surface area contributed by atoms with Gasteiger partial charge in [-0.3, -0.25) is 0 Å². The number of benzene rings is 1. The molecule has 100 valence electrons. The minimum atomic E-state index is 0.464. The summed E-state index contributed by atoms with van der Waals surface area (Å²) >= 11 is 12.1. The standard InChI is InChI=1S/C13H8Cl2N4O/c14-11-3-1-2-10(13(11)15)12-5-4-9(20-12)6-18-19-7-16-17-8-19/h1-8H/b18-6+. The quantitative estimate of drug-likeness (QED) is 0.693. The Morgan fingerprint density at radius 3 is 2.70 bits per heavy atom. The molecule has 5 nitrogen and oxygen atoms in total. The Kier molecular flexibility index (Phi) is 3.54. The monoisotopic (exact) mass is 306 g/mol. The van der Waals surface area contributed by atoms with Gasteiger partial charge in [-0.1, -0.05) is 29.3 Å². The zero-order valence-electron chi connectivity index (χ0n) is 10.1. The van der Waals surface area contributed by atoms with Crippen molar-refractivity contribution < 1.29 is 4.42 Å². The van der Waals surface area contributed by atoms with Crippen molar-refractivity contribution in [2.45, 2.75) is 0 Å². The molecule has 0 fully saturated rings. The van der Waals surface area contributed by atoms with Crippen LogP contribution in [0.2, 0.25) is 10.0 Å². The summed E-state index contributed by atoms with van der Waals surface area (Å²) in [4.78, 5) is 0. The van der Waals surface area contributed by atoms with E-state index < -0.39 is 0 Å². The van der Waals surface area contributed by atoms with Crippen molar-refractivity contribution in [3.8, 4) is 11.3 Å². The maximum atomic E-state index is 6.15. The molecule has 0 saturated heterocycles. The molecule has 7 heteroatoms. The van der Waals surface area contributed by atoms with Gasteiger partial charge in [0, 0.05) is 5.56 Å². The van der Waals surface area contributed by atoms with Gasteiger partial charge in [-0.25, -0.2) is 4.68 Å². The van der Waals surface area contributed by atoms with Gasteiger partial charge in [0.05, 0.1) is 16.3 Å². The first-order valence-electron chi connectivity index (χ1n) is 5.67. The molecule has 0 aliphatic rings. The summed E-state index contributed by atoms with van der Waals surface area (Å²) in [7, 11) is 0. The van der Waals surface area contributed by atoms with Crippen LogP contribution < -0.4 is 0 Å². The second kappa shape index (κ2) is 5.48. The summed E-state index contributed by atoms with van der Waals surface area (Å²) in [5, 5.41) is 12.3. The molecule has 0 atom stereocenters. The molecule has 2 aromatic heterocycles. The molecular weight excluding hydrogens is 299 g/mol. The lowest BCUT2D eigenvalue weighted by molar-refractivity contribution is 0.574. The van der Waals surface area contributed by atoms with E-state index in [9.17, 15) is 0 Å². The molecule has 0 aliphatic carbocycles. The molecule has 3 rings (SSSR count). The lowest BCUT2D eigenvalue weighted by Gasteiger charge is -2.01. The van der Waals surface area contributed by atoms with Crippen LogP contribution in [0.5, 0.6) is 0 Å². The largest absolute Gasteiger partial charge is 0.455 e. The third kappa shape index (κ3) is 2.59. The maximum absolute atomic E-state index is 6.15. The summed E-state index contributed by atoms with van der Waals surface area (Å²) in [6.07, 6.45) is 4.52. The van der Waals surface area contributed by atoms with Crippen LogP contribution in [0.25, 0.3) is 11.3 Å². The molecule has 0 aliphatic heterocycles. The van der Waals surface area contributed by atoms with Crippen LogP contribution in [0.15, 0.2) is 52.5 Å². The first-order valence-corrected chi connectivity index (χ1v) is 6.43. The van der Waals surface area contributed by atoms with E-state index in [4.69, 9.17) is 27.6 Å². The van der Waals surface area contributed by atoms with Gasteiger partial charge in [-0.2, -0.15) is 5.10 Å². The average molecular weight is 307 g/mol. The first-order chi connectivity index (χ1) is 9.74. The Morgan fingerprint density at radius 2 is 1.90 bits per heavy atom. The van der Waals surface area contributed by atoms with E-state index in [-0.39, 0.29) is 0 Å². The van der Waals surface area contributed by atoms with Gasteiger partial charge in [0.2, 0.25) is 0 Å². The van der Waals surface area contributed by atoms with Gasteiger partial charge >= 0.3 is 0 Å². The molecular formula is C13H8Cl2N4O. The zero-order valence-corrected chi connectivity index (χ0v) is 11.6. The predicted molar refractivity (Wildman–Crippen MR) is 77.2 cm³/mol. The van der Waals surface area contributed by atoms with Crippen LogP contribution >= 0.6 is 23.2 Å². The summed E-state index contributed by atoms with van der Waals surface area (Å²) in [6, 6.07) is 8.99. The number of halogens is 2. The van der Waals surface area contributed by atoms with Crippen molar-refractivity contribution in [3.05, 3.63) is 58.8 Å². The maximum Gasteiger partial charge on any atom is 0.147 e. The van der Waals surface area contributed by atoms with E-state index in [1.54, 1.807) is 18.3 Å². The van der Waals surface area contributed by atoms with Crippen molar-refractivity contribution in [3.63, 3.8) is 0 Å². The topological polar surface area (TPSA) is 56.2 Å². The van der Waals surface area contributed by atoms with E-state index in [0.29, 0.717) is 21.6 Å². The Hall–Kier alpha value is -2.11. The van der Waals surface area contributed by atoms with E-state index in [0.717, 1.165) is 5.56 Å². The Balaban J connectivity index is 1.89. The number of hydrogen-bond donors (Lipinski definition) is 0. The van der Waals surface area contributed by atoms with Gasteiger partial charge in [0.25, 0.3) is 0 Å². The van der Waals surface area contributed by atoms with Crippen molar-refractivity contribution >= 4 is 29.4 Å². The molecule has 0 spiro atoms. The molecule has 0 bridgehead atoms. The number of furan rings is 1. The number of nitrogens with zero attached hydrogens (tertiary/aromatic N) is 4. The Labute approximate surface area is 124 Å². The highest BCUT2D eigenvalue weighted by atomic mass is 35.5. The average Bonchev–Trinajstić information content (AvgIpc) is 3.10. The van der Waals surface area contributed by atoms with Gasteiger partial charge in [-0.05, 0) is 24.3 Å². The van der Waals surface area contributed by atoms with Crippen LogP contribution in [0, 0.1) is 0 Å². The van der Waals surface area contributed by atoms with Crippen LogP contribution in [-0.4, -0.2) is 21.1 Å². The summed E-state index contributed by atoms with van der Waals surface area (Å²) in [6.45, 7) is 0. The smallest absolute Gasteiger partial charge is 0.147 e. The van der Waals surface area contributed by atoms with E-state index in [2.05, 4.69) is 15.3 Å². The SMILES string of the molecule is Clc1cccc(-c2ccc(/C=N/n3cnnc3)o2)c1Cl. The third-order valence-electron chi connectivity index (χ3n) is 2.57. The molecule has 2 heterocycles. The highest BCUT2D eigenvalue weighted by molar-refractivity contribution is 6.43. The number of rotatable bonds is 3. The fraction of sp³-hybridized carbons (Fsp3) is 0. The highest BCUT2D eigenvalue weighted by Gasteiger charge is 2.10. The Bertz CT molecular complexity index is 750. The first kappa shape index (κ1) is 12.9. The number of aromatic nitrogens is 3. The molecule has 1 aromatic carbocycles. The minimum Gasteiger partial charge on any atom is -0.455 e. The Morgan fingerprint density at radius 1 is 1.10 bits per heavy atom. The third-order valence-corrected chi connectivity index (χ3v) is 3.39. The molecule has 0 N–H and O–H groups in total. The summed E-state index contributed by atoms with van der Waals surface area (Å²) < 4.78 is 7.12. The molecule has 0 saturated carbocycles. The normalized spacial score (nSPS) is 11.3. The van der Waals surface area contributed by atoms with Crippen molar-refractivity contribution in [1.82, 2.24) is 14.9 Å². The highest BCUT2D eigenvalue weighted by Crippen LogP contribution is 2.34. The van der Waals surface area contributed by atoms with Crippen LogP contribution in [-0.2, 0) is 0 Å². The van der Waals surface area contributed by atoms with Gasteiger partial charge in [0.15, 0.2) is 0 Å². The van der Waals surface area contributed by atoms with Gasteiger partial charge < -0.3 is 4.42 Å². The second-order valence-electron chi connectivity index (χ2n) is 3.89. The molecule has 0 amide bonds. The van der Waals surface area contributed by atoms with Crippen molar-refractivity contribution in [2.24, 2.45) is 5.10 Å². The summed E-state index contributed by atoms with van der Waals surface area (Å²) in [5.74, 6) is 1.22. The summed E-state index contributed by atoms with van der Waals surface area (Å²) in [5.41, 5.74) is 0.739. The molecule has 3 aromatic rings. The van der Waals surface area contributed by atoms with E-state index in [1.807, 2.05) is 18.2 Å². The molecule has 0 unspecified atom stereocenters. The second-order valence-corrected chi connectivity index (χ2v) is 4.68. The van der Waals surface area contributed by atoms with Crippen LogP contribution in [0.4, 0.5) is 0 Å². The predicted octanol–water partition coefficient (Wildman–Crippen LogP) is 3.73. The molecule has 0 radical (unpaired) electrons. The van der Waals surface area contributed by atoms with E-state index >= 15 is 0 Å². The van der Waals surface area contributed by atoms with Crippen molar-refractivity contribution in [1.29, 1.82) is 0 Å². The fourth-order valence-corrected chi connectivity index (χ4v) is 2.03. The zero-order chi connectivity index (χ0) is 13.9. The van der Waals surface area contributed by atoms with Crippen LogP contribution in [0.3, 0.4) is 0 Å². The minimum absolute atomic E-state index is 0.464.